The van der Waals surface area contributed by atoms with Gasteiger partial charge in [0.2, 0.25) is 0 Å². The number of hydrogen-bond acceptors (Lipinski definition) is 4. The SMILES string of the molecule is COCC(Cl)COC.COCCOC. The van der Waals surface area contributed by atoms with Crippen molar-refractivity contribution in [3.05, 3.63) is 0 Å². The summed E-state index contributed by atoms with van der Waals surface area (Å²) in [4.78, 5) is 0. The van der Waals surface area contributed by atoms with Crippen LogP contribution in [-0.4, -0.2) is 60.2 Å². The third kappa shape index (κ3) is 18.0. The van der Waals surface area contributed by atoms with E-state index in [0.29, 0.717) is 26.4 Å². The van der Waals surface area contributed by atoms with Gasteiger partial charge in [-0.2, -0.15) is 0 Å². The first-order valence-electron chi connectivity index (χ1n) is 4.32. The van der Waals surface area contributed by atoms with Gasteiger partial charge in [0, 0.05) is 28.4 Å². The minimum atomic E-state index is -0.00926. The molecule has 5 heteroatoms. The molecule has 0 aromatic rings. The highest BCUT2D eigenvalue weighted by molar-refractivity contribution is 6.20. The molecule has 0 aliphatic heterocycles. The molecule has 4 nitrogen and oxygen atoms in total. The normalized spacial score (nSPS) is 9.86. The van der Waals surface area contributed by atoms with Gasteiger partial charge in [-0.15, -0.1) is 11.6 Å². The molecule has 0 aliphatic rings. The van der Waals surface area contributed by atoms with Crippen LogP contribution in [0.2, 0.25) is 0 Å². The van der Waals surface area contributed by atoms with E-state index in [4.69, 9.17) is 21.1 Å². The third-order valence-corrected chi connectivity index (χ3v) is 1.44. The van der Waals surface area contributed by atoms with E-state index >= 15 is 0 Å². The van der Waals surface area contributed by atoms with E-state index in [-0.39, 0.29) is 5.38 Å². The highest BCUT2D eigenvalue weighted by atomic mass is 35.5. The Kier molecular flexibility index (Phi) is 18.4. The van der Waals surface area contributed by atoms with Crippen molar-refractivity contribution in [3.63, 3.8) is 0 Å². The summed E-state index contributed by atoms with van der Waals surface area (Å²) in [6.45, 7) is 2.48. The summed E-state index contributed by atoms with van der Waals surface area (Å²) in [6.07, 6.45) is 0. The van der Waals surface area contributed by atoms with Crippen molar-refractivity contribution in [2.45, 2.75) is 5.38 Å². The van der Waals surface area contributed by atoms with E-state index in [1.165, 1.54) is 0 Å². The maximum absolute atomic E-state index is 5.63. The average Bonchev–Trinajstić information content (AvgIpc) is 2.16. The first-order chi connectivity index (χ1) is 6.72. The van der Waals surface area contributed by atoms with E-state index in [1.54, 1.807) is 28.4 Å². The molecule has 0 atom stereocenters. The topological polar surface area (TPSA) is 36.9 Å². The molecule has 0 aliphatic carbocycles. The Morgan fingerprint density at radius 2 is 1.14 bits per heavy atom. The fraction of sp³-hybridized carbons (Fsp3) is 1.00. The molecule has 0 bridgehead atoms. The summed E-state index contributed by atoms with van der Waals surface area (Å²) >= 11 is 5.63. The van der Waals surface area contributed by atoms with Gasteiger partial charge in [-0.05, 0) is 0 Å². The Bertz CT molecular complexity index is 82.9. The van der Waals surface area contributed by atoms with Crippen LogP contribution in [0.1, 0.15) is 0 Å². The Balaban J connectivity index is 0. The van der Waals surface area contributed by atoms with Gasteiger partial charge in [-0.3, -0.25) is 0 Å². The van der Waals surface area contributed by atoms with Gasteiger partial charge in [-0.1, -0.05) is 0 Å². The Labute approximate surface area is 91.4 Å². The van der Waals surface area contributed by atoms with Crippen LogP contribution in [0, 0.1) is 0 Å². The molecule has 0 spiro atoms. The summed E-state index contributed by atoms with van der Waals surface area (Å²) in [5.74, 6) is 0. The number of ether oxygens (including phenoxy) is 4. The molecular formula is C9H21ClO4. The van der Waals surface area contributed by atoms with Crippen LogP contribution in [0.3, 0.4) is 0 Å². The van der Waals surface area contributed by atoms with E-state index in [0.717, 1.165) is 0 Å². The van der Waals surface area contributed by atoms with Crippen molar-refractivity contribution >= 4 is 11.6 Å². The van der Waals surface area contributed by atoms with Crippen LogP contribution in [0.5, 0.6) is 0 Å². The molecule has 0 fully saturated rings. The zero-order valence-corrected chi connectivity index (χ0v) is 10.2. The summed E-state index contributed by atoms with van der Waals surface area (Å²) in [5.41, 5.74) is 0. The van der Waals surface area contributed by atoms with Crippen LogP contribution >= 0.6 is 11.6 Å². The van der Waals surface area contributed by atoms with E-state index < -0.39 is 0 Å². The third-order valence-electron chi connectivity index (χ3n) is 1.19. The Hall–Kier alpha value is 0.130. The maximum Gasteiger partial charge on any atom is 0.0802 e. The molecule has 0 radical (unpaired) electrons. The minimum Gasteiger partial charge on any atom is -0.383 e. The lowest BCUT2D eigenvalue weighted by Gasteiger charge is -2.04. The molecule has 0 amide bonds. The van der Waals surface area contributed by atoms with Crippen LogP contribution in [-0.2, 0) is 18.9 Å². The first kappa shape index (κ1) is 16.6. The van der Waals surface area contributed by atoms with Crippen molar-refractivity contribution in [1.29, 1.82) is 0 Å². The quantitative estimate of drug-likeness (QED) is 0.484. The van der Waals surface area contributed by atoms with Crippen molar-refractivity contribution in [3.8, 4) is 0 Å². The molecule has 0 rings (SSSR count). The summed E-state index contributed by atoms with van der Waals surface area (Å²) in [5, 5.41) is -0.00926. The van der Waals surface area contributed by atoms with E-state index in [9.17, 15) is 0 Å². The standard InChI is InChI=1S/C5H11ClO2.C4H10O2/c1-7-3-5(6)4-8-2;1-5-3-4-6-2/h5H,3-4H2,1-2H3;3-4H2,1-2H3. The maximum atomic E-state index is 5.63. The van der Waals surface area contributed by atoms with Gasteiger partial charge in [-0.25, -0.2) is 0 Å². The summed E-state index contributed by atoms with van der Waals surface area (Å²) in [6, 6.07) is 0. The number of rotatable bonds is 7. The molecule has 0 saturated carbocycles. The van der Waals surface area contributed by atoms with E-state index in [1.807, 2.05) is 0 Å². The zero-order valence-electron chi connectivity index (χ0n) is 9.42. The molecular weight excluding hydrogens is 208 g/mol. The average molecular weight is 229 g/mol. The van der Waals surface area contributed by atoms with Crippen molar-refractivity contribution in [1.82, 2.24) is 0 Å². The van der Waals surface area contributed by atoms with Gasteiger partial charge < -0.3 is 18.9 Å². The van der Waals surface area contributed by atoms with Gasteiger partial charge in [0.15, 0.2) is 0 Å². The number of alkyl halides is 1. The number of halogens is 1. The molecule has 0 aromatic heterocycles. The molecule has 0 saturated heterocycles. The fourth-order valence-electron chi connectivity index (χ4n) is 0.576. The van der Waals surface area contributed by atoms with Crippen LogP contribution in [0.4, 0.5) is 0 Å². The van der Waals surface area contributed by atoms with Gasteiger partial charge in [0.1, 0.15) is 0 Å². The summed E-state index contributed by atoms with van der Waals surface area (Å²) in [7, 11) is 6.54. The number of methoxy groups -OCH3 is 4. The molecule has 14 heavy (non-hydrogen) atoms. The van der Waals surface area contributed by atoms with Crippen LogP contribution in [0.25, 0.3) is 0 Å². The van der Waals surface area contributed by atoms with Crippen LogP contribution in [0.15, 0.2) is 0 Å². The van der Waals surface area contributed by atoms with Crippen LogP contribution < -0.4 is 0 Å². The largest absolute Gasteiger partial charge is 0.383 e. The molecule has 0 N–H and O–H groups in total. The first-order valence-corrected chi connectivity index (χ1v) is 4.76. The molecule has 0 heterocycles. The predicted molar refractivity (Wildman–Crippen MR) is 57.1 cm³/mol. The molecule has 0 unspecified atom stereocenters. The van der Waals surface area contributed by atoms with Gasteiger partial charge in [0.05, 0.1) is 31.8 Å². The lowest BCUT2D eigenvalue weighted by Crippen LogP contribution is -2.13. The lowest BCUT2D eigenvalue weighted by molar-refractivity contribution is 0.103. The second-order valence-corrected chi connectivity index (χ2v) is 3.11. The minimum absolute atomic E-state index is 0.00926. The summed E-state index contributed by atoms with van der Waals surface area (Å²) < 4.78 is 18.8. The van der Waals surface area contributed by atoms with E-state index in [2.05, 4.69) is 9.47 Å². The highest BCUT2D eigenvalue weighted by Gasteiger charge is 2.00. The second kappa shape index (κ2) is 15.6. The van der Waals surface area contributed by atoms with Gasteiger partial charge in [0.25, 0.3) is 0 Å². The van der Waals surface area contributed by atoms with Crippen molar-refractivity contribution in [2.75, 3.05) is 54.9 Å². The number of hydrogen-bond donors (Lipinski definition) is 0. The Morgan fingerprint density at radius 1 is 0.786 bits per heavy atom. The lowest BCUT2D eigenvalue weighted by atomic mass is 10.5. The monoisotopic (exact) mass is 228 g/mol. The smallest absolute Gasteiger partial charge is 0.0802 e. The predicted octanol–water partition coefficient (Wildman–Crippen LogP) is 1.17. The van der Waals surface area contributed by atoms with Gasteiger partial charge >= 0.3 is 0 Å². The Morgan fingerprint density at radius 3 is 1.36 bits per heavy atom. The fourth-order valence-corrected chi connectivity index (χ4v) is 0.828. The van der Waals surface area contributed by atoms with Crippen molar-refractivity contribution < 1.29 is 18.9 Å². The molecule has 0 aromatic carbocycles. The highest BCUT2D eigenvalue weighted by Crippen LogP contribution is 1.94. The van der Waals surface area contributed by atoms with Crippen molar-refractivity contribution in [2.24, 2.45) is 0 Å². The second-order valence-electron chi connectivity index (χ2n) is 2.49. The molecule has 88 valence electrons. The zero-order chi connectivity index (χ0) is 11.2.